The number of carbonyl (C=O) groups excluding carboxylic acids is 2. The molecule has 2 N–H and O–H groups in total. The van der Waals surface area contributed by atoms with Crippen LogP contribution < -0.4 is 5.32 Å². The molecule has 6 heteroatoms. The molecule has 134 valence electrons. The van der Waals surface area contributed by atoms with E-state index in [-0.39, 0.29) is 18.8 Å². The van der Waals surface area contributed by atoms with Crippen molar-refractivity contribution in [3.63, 3.8) is 0 Å². The minimum absolute atomic E-state index is 0.00308. The van der Waals surface area contributed by atoms with E-state index in [1.54, 1.807) is 11.8 Å². The quantitative estimate of drug-likeness (QED) is 0.581. The Kier molecular flexibility index (Phi) is 5.75. The van der Waals surface area contributed by atoms with Crippen molar-refractivity contribution in [2.24, 2.45) is 0 Å². The summed E-state index contributed by atoms with van der Waals surface area (Å²) in [5.41, 5.74) is 3.46. The summed E-state index contributed by atoms with van der Waals surface area (Å²) in [7, 11) is 0. The minimum Gasteiger partial charge on any atom is -0.395 e. The van der Waals surface area contributed by atoms with Crippen molar-refractivity contribution in [3.05, 3.63) is 71.4 Å². The number of benzene rings is 2. The highest BCUT2D eigenvalue weighted by Gasteiger charge is 2.30. The second-order valence-corrected chi connectivity index (χ2v) is 6.99. The van der Waals surface area contributed by atoms with Gasteiger partial charge in [-0.05, 0) is 24.6 Å². The molecule has 0 saturated heterocycles. The van der Waals surface area contributed by atoms with Crippen LogP contribution in [-0.2, 0) is 15.3 Å². The smallest absolute Gasteiger partial charge is 0.277 e. The van der Waals surface area contributed by atoms with Gasteiger partial charge in [0.05, 0.1) is 18.8 Å². The van der Waals surface area contributed by atoms with E-state index in [2.05, 4.69) is 30.4 Å². The first-order chi connectivity index (χ1) is 12.6. The van der Waals surface area contributed by atoms with Gasteiger partial charge in [0.1, 0.15) is 5.70 Å². The summed E-state index contributed by atoms with van der Waals surface area (Å²) in [6.07, 6.45) is 1.28. The number of anilines is 1. The summed E-state index contributed by atoms with van der Waals surface area (Å²) in [6, 6.07) is 16.0. The van der Waals surface area contributed by atoms with Crippen molar-refractivity contribution in [2.75, 3.05) is 18.5 Å². The lowest BCUT2D eigenvalue weighted by atomic mass is 10.2. The number of para-hydroxylation sites is 1. The average molecular weight is 368 g/mol. The van der Waals surface area contributed by atoms with Crippen LogP contribution in [0.4, 0.5) is 5.69 Å². The van der Waals surface area contributed by atoms with Gasteiger partial charge in [-0.15, -0.1) is 11.8 Å². The Morgan fingerprint density at radius 2 is 1.92 bits per heavy atom. The van der Waals surface area contributed by atoms with Crippen molar-refractivity contribution in [1.82, 2.24) is 4.90 Å². The molecule has 5 nitrogen and oxygen atoms in total. The number of amides is 2. The molecule has 26 heavy (non-hydrogen) atoms. The van der Waals surface area contributed by atoms with Crippen LogP contribution in [0, 0.1) is 6.92 Å². The molecular weight excluding hydrogens is 348 g/mol. The van der Waals surface area contributed by atoms with Crippen LogP contribution in [0.1, 0.15) is 11.1 Å². The normalized spacial score (nSPS) is 13.9. The van der Waals surface area contributed by atoms with Crippen LogP contribution in [0.15, 0.2) is 65.2 Å². The van der Waals surface area contributed by atoms with Gasteiger partial charge in [-0.3, -0.25) is 14.5 Å². The molecule has 1 heterocycles. The molecule has 2 amide bonds. The lowest BCUT2D eigenvalue weighted by Crippen LogP contribution is -2.34. The summed E-state index contributed by atoms with van der Waals surface area (Å²) in [6.45, 7) is 1.82. The largest absolute Gasteiger partial charge is 0.395 e. The summed E-state index contributed by atoms with van der Waals surface area (Å²) < 4.78 is 0. The Bertz CT molecular complexity index is 864. The van der Waals surface area contributed by atoms with E-state index in [9.17, 15) is 9.59 Å². The molecule has 0 bridgehead atoms. The number of thioether (sulfide) groups is 1. The van der Waals surface area contributed by atoms with E-state index in [1.807, 2.05) is 30.3 Å². The lowest BCUT2D eigenvalue weighted by molar-refractivity contribution is -0.137. The fourth-order valence-corrected chi connectivity index (χ4v) is 3.66. The van der Waals surface area contributed by atoms with Gasteiger partial charge in [-0.2, -0.15) is 0 Å². The molecule has 2 aromatic rings. The van der Waals surface area contributed by atoms with Gasteiger partial charge in [-0.1, -0.05) is 42.0 Å². The molecule has 3 rings (SSSR count). The number of aliphatic hydroxyl groups excluding tert-OH is 1. The number of aliphatic hydroxyl groups is 1. The highest BCUT2D eigenvalue weighted by Crippen LogP contribution is 2.31. The van der Waals surface area contributed by atoms with E-state index in [0.29, 0.717) is 0 Å². The zero-order chi connectivity index (χ0) is 18.5. The van der Waals surface area contributed by atoms with Crippen LogP contribution in [-0.4, -0.2) is 35.0 Å². The Morgan fingerprint density at radius 1 is 1.12 bits per heavy atom. The van der Waals surface area contributed by atoms with E-state index in [1.165, 1.54) is 17.2 Å². The van der Waals surface area contributed by atoms with Crippen molar-refractivity contribution >= 4 is 29.3 Å². The van der Waals surface area contributed by atoms with Crippen LogP contribution in [0.2, 0.25) is 0 Å². The van der Waals surface area contributed by atoms with Gasteiger partial charge in [0.15, 0.2) is 0 Å². The van der Waals surface area contributed by atoms with E-state index in [4.69, 9.17) is 5.11 Å². The summed E-state index contributed by atoms with van der Waals surface area (Å²) in [5, 5.41) is 12.1. The number of β-amino-alcohol motifs (C(OH)–C–C–N with tert-alkyl or cyclic N) is 1. The van der Waals surface area contributed by atoms with Crippen LogP contribution in [0.3, 0.4) is 0 Å². The van der Waals surface area contributed by atoms with E-state index < -0.39 is 11.8 Å². The van der Waals surface area contributed by atoms with Crippen molar-refractivity contribution in [1.29, 1.82) is 0 Å². The van der Waals surface area contributed by atoms with E-state index in [0.717, 1.165) is 21.2 Å². The summed E-state index contributed by atoms with van der Waals surface area (Å²) in [5.74, 6) is -0.0119. The van der Waals surface area contributed by atoms with Gasteiger partial charge in [-0.25, -0.2) is 0 Å². The molecule has 1 aliphatic rings. The van der Waals surface area contributed by atoms with Gasteiger partial charge in [0, 0.05) is 16.7 Å². The predicted octanol–water partition coefficient (Wildman–Crippen LogP) is 2.94. The molecule has 0 spiro atoms. The fourth-order valence-electron chi connectivity index (χ4n) is 2.71. The first kappa shape index (κ1) is 18.2. The maximum atomic E-state index is 12.3. The molecule has 0 aliphatic carbocycles. The number of aryl methyl sites for hydroxylation is 1. The monoisotopic (exact) mass is 368 g/mol. The highest BCUT2D eigenvalue weighted by atomic mass is 32.2. The summed E-state index contributed by atoms with van der Waals surface area (Å²) >= 11 is 1.67. The zero-order valence-electron chi connectivity index (χ0n) is 14.4. The first-order valence-electron chi connectivity index (χ1n) is 8.31. The minimum atomic E-state index is -0.414. The molecule has 2 aromatic carbocycles. The van der Waals surface area contributed by atoms with Crippen LogP contribution in [0.5, 0.6) is 0 Å². The van der Waals surface area contributed by atoms with Gasteiger partial charge in [0.2, 0.25) is 0 Å². The van der Waals surface area contributed by atoms with E-state index >= 15 is 0 Å². The second kappa shape index (κ2) is 8.21. The number of hydrogen-bond acceptors (Lipinski definition) is 5. The molecule has 0 fully saturated rings. The Hall–Kier alpha value is -2.57. The molecular formula is C20H20N2O3S. The standard InChI is InChI=1S/C20H20N2O3S/c1-14-5-4-6-15(11-14)13-26-18-8-3-2-7-16(18)21-17-12-19(24)22(9-10-23)20(17)25/h2-8,11-12,21,23H,9-10,13H2,1H3. The molecule has 0 aromatic heterocycles. The maximum Gasteiger partial charge on any atom is 0.277 e. The van der Waals surface area contributed by atoms with Crippen LogP contribution >= 0.6 is 11.8 Å². The van der Waals surface area contributed by atoms with Crippen molar-refractivity contribution in [3.8, 4) is 0 Å². The molecule has 1 aliphatic heterocycles. The third-order valence-electron chi connectivity index (χ3n) is 3.97. The Balaban J connectivity index is 1.73. The SMILES string of the molecule is Cc1cccc(CSc2ccccc2NC2=CC(=O)N(CCO)C2=O)c1. The van der Waals surface area contributed by atoms with Gasteiger partial charge < -0.3 is 10.4 Å². The van der Waals surface area contributed by atoms with Crippen molar-refractivity contribution in [2.45, 2.75) is 17.6 Å². The second-order valence-electron chi connectivity index (χ2n) is 5.98. The van der Waals surface area contributed by atoms with Gasteiger partial charge >= 0.3 is 0 Å². The molecule has 0 atom stereocenters. The fraction of sp³-hybridized carbons (Fsp3) is 0.200. The topological polar surface area (TPSA) is 69.6 Å². The molecule has 0 saturated carbocycles. The summed E-state index contributed by atoms with van der Waals surface area (Å²) in [4.78, 5) is 26.2. The predicted molar refractivity (Wildman–Crippen MR) is 103 cm³/mol. The molecule has 0 radical (unpaired) electrons. The van der Waals surface area contributed by atoms with Gasteiger partial charge in [0.25, 0.3) is 11.8 Å². The Labute approximate surface area is 156 Å². The average Bonchev–Trinajstić information content (AvgIpc) is 2.89. The first-order valence-corrected chi connectivity index (χ1v) is 9.30. The lowest BCUT2D eigenvalue weighted by Gasteiger charge is -2.15. The van der Waals surface area contributed by atoms with Crippen LogP contribution in [0.25, 0.3) is 0 Å². The number of nitrogens with one attached hydrogen (secondary N) is 1. The molecule has 0 unspecified atom stereocenters. The third-order valence-corrected chi connectivity index (χ3v) is 5.11. The number of hydrogen-bond donors (Lipinski definition) is 2. The Morgan fingerprint density at radius 3 is 2.69 bits per heavy atom. The van der Waals surface area contributed by atoms with Crippen molar-refractivity contribution < 1.29 is 14.7 Å². The third kappa shape index (κ3) is 4.15. The zero-order valence-corrected chi connectivity index (χ0v) is 15.3. The maximum absolute atomic E-state index is 12.3. The number of nitrogens with zero attached hydrogens (tertiary/aromatic N) is 1. The number of rotatable bonds is 7. The highest BCUT2D eigenvalue weighted by molar-refractivity contribution is 7.98. The number of carbonyl (C=O) groups is 2. The number of imide groups is 1.